The summed E-state index contributed by atoms with van der Waals surface area (Å²) in [5, 5.41) is 0. The lowest BCUT2D eigenvalue weighted by atomic mass is 9.85. The maximum absolute atomic E-state index is 12.2. The van der Waals surface area contributed by atoms with Crippen LogP contribution < -0.4 is 0 Å². The molecule has 116 valence electrons. The summed E-state index contributed by atoms with van der Waals surface area (Å²) in [7, 11) is -3.18. The van der Waals surface area contributed by atoms with E-state index >= 15 is 0 Å². The molecule has 0 N–H and O–H groups in total. The lowest BCUT2D eigenvalue weighted by Gasteiger charge is -2.20. The first-order valence-corrected chi connectivity index (χ1v) is 9.54. The Hall–Kier alpha value is -1.16. The van der Waals surface area contributed by atoms with Crippen molar-refractivity contribution in [2.45, 2.75) is 56.8 Å². The third kappa shape index (κ3) is 4.40. The van der Waals surface area contributed by atoms with E-state index in [-0.39, 0.29) is 11.5 Å². The molecule has 1 aromatic rings. The van der Waals surface area contributed by atoms with E-state index < -0.39 is 9.84 Å². The molecule has 1 fully saturated rings. The number of sulfone groups is 1. The highest BCUT2D eigenvalue weighted by Gasteiger charge is 2.16. The number of hydrogen-bond donors (Lipinski definition) is 0. The molecule has 1 aromatic carbocycles. The SMILES string of the molecule is CCS(=O)(=O)c1ccc(C(=O)CCC2CCCCC2)cc1. The second kappa shape index (κ2) is 7.21. The molecule has 0 radical (unpaired) electrons. The van der Waals surface area contributed by atoms with Crippen LogP contribution in [0.2, 0.25) is 0 Å². The Labute approximate surface area is 127 Å². The highest BCUT2D eigenvalue weighted by Crippen LogP contribution is 2.27. The summed E-state index contributed by atoms with van der Waals surface area (Å²) < 4.78 is 23.5. The summed E-state index contributed by atoms with van der Waals surface area (Å²) in [5.41, 5.74) is 0.626. The minimum absolute atomic E-state index is 0.0853. The van der Waals surface area contributed by atoms with E-state index in [1.165, 1.54) is 32.1 Å². The molecule has 21 heavy (non-hydrogen) atoms. The van der Waals surface area contributed by atoms with Crippen LogP contribution in [0.15, 0.2) is 29.2 Å². The Kier molecular flexibility index (Phi) is 5.57. The fraction of sp³-hybridized carbons (Fsp3) is 0.588. The maximum atomic E-state index is 12.2. The predicted molar refractivity (Wildman–Crippen MR) is 84.3 cm³/mol. The summed E-state index contributed by atoms with van der Waals surface area (Å²) in [6.45, 7) is 1.62. The summed E-state index contributed by atoms with van der Waals surface area (Å²) in [6, 6.07) is 6.39. The Balaban J connectivity index is 1.93. The molecule has 3 nitrogen and oxygen atoms in total. The van der Waals surface area contributed by atoms with Crippen molar-refractivity contribution in [3.63, 3.8) is 0 Å². The van der Waals surface area contributed by atoms with E-state index in [0.717, 1.165) is 6.42 Å². The number of carbonyl (C=O) groups excluding carboxylic acids is 1. The van der Waals surface area contributed by atoms with Crippen molar-refractivity contribution in [3.8, 4) is 0 Å². The minimum atomic E-state index is -3.18. The molecule has 0 amide bonds. The third-order valence-electron chi connectivity index (χ3n) is 4.42. The zero-order valence-electron chi connectivity index (χ0n) is 12.7. The molecule has 0 aromatic heterocycles. The van der Waals surface area contributed by atoms with Gasteiger partial charge in [-0.25, -0.2) is 8.42 Å². The molecule has 0 spiro atoms. The zero-order valence-corrected chi connectivity index (χ0v) is 13.5. The number of Topliss-reactive ketones (excluding diaryl/α,β-unsaturated/α-hetero) is 1. The van der Waals surface area contributed by atoms with Gasteiger partial charge in [-0.15, -0.1) is 0 Å². The van der Waals surface area contributed by atoms with Crippen LogP contribution in [-0.4, -0.2) is 20.0 Å². The van der Waals surface area contributed by atoms with Gasteiger partial charge in [0.2, 0.25) is 0 Å². The summed E-state index contributed by atoms with van der Waals surface area (Å²) in [5.74, 6) is 0.908. The lowest BCUT2D eigenvalue weighted by molar-refractivity contribution is 0.0970. The van der Waals surface area contributed by atoms with Gasteiger partial charge in [-0.2, -0.15) is 0 Å². The van der Waals surface area contributed by atoms with Crippen LogP contribution in [0.3, 0.4) is 0 Å². The average Bonchev–Trinajstić information content (AvgIpc) is 2.53. The molecule has 0 atom stereocenters. The molecule has 1 aliphatic rings. The minimum Gasteiger partial charge on any atom is -0.294 e. The van der Waals surface area contributed by atoms with Crippen molar-refractivity contribution in [1.29, 1.82) is 0 Å². The van der Waals surface area contributed by atoms with Crippen LogP contribution in [0.4, 0.5) is 0 Å². The largest absolute Gasteiger partial charge is 0.294 e. The van der Waals surface area contributed by atoms with Gasteiger partial charge in [0.25, 0.3) is 0 Å². The first-order chi connectivity index (χ1) is 10.0. The smallest absolute Gasteiger partial charge is 0.178 e. The van der Waals surface area contributed by atoms with Crippen molar-refractivity contribution < 1.29 is 13.2 Å². The monoisotopic (exact) mass is 308 g/mol. The zero-order chi connectivity index (χ0) is 15.3. The highest BCUT2D eigenvalue weighted by molar-refractivity contribution is 7.91. The summed E-state index contributed by atoms with van der Waals surface area (Å²) in [4.78, 5) is 12.5. The number of ketones is 1. The molecule has 0 unspecified atom stereocenters. The first-order valence-electron chi connectivity index (χ1n) is 7.89. The van der Waals surface area contributed by atoms with Crippen LogP contribution >= 0.6 is 0 Å². The van der Waals surface area contributed by atoms with Gasteiger partial charge in [-0.05, 0) is 24.5 Å². The van der Waals surface area contributed by atoms with E-state index in [1.54, 1.807) is 31.2 Å². The Bertz CT molecular complexity index is 567. The van der Waals surface area contributed by atoms with Crippen molar-refractivity contribution in [1.82, 2.24) is 0 Å². The van der Waals surface area contributed by atoms with Gasteiger partial charge in [0.05, 0.1) is 10.6 Å². The third-order valence-corrected chi connectivity index (χ3v) is 6.17. The fourth-order valence-corrected chi connectivity index (χ4v) is 3.85. The van der Waals surface area contributed by atoms with Crippen molar-refractivity contribution in [3.05, 3.63) is 29.8 Å². The molecule has 0 bridgehead atoms. The molecule has 1 saturated carbocycles. The average molecular weight is 308 g/mol. The van der Waals surface area contributed by atoms with E-state index in [4.69, 9.17) is 0 Å². The lowest BCUT2D eigenvalue weighted by Crippen LogP contribution is -2.09. The number of rotatable bonds is 6. The molecular weight excluding hydrogens is 284 g/mol. The van der Waals surface area contributed by atoms with Crippen LogP contribution in [0.5, 0.6) is 0 Å². The van der Waals surface area contributed by atoms with Crippen LogP contribution in [0, 0.1) is 5.92 Å². The predicted octanol–water partition coefficient (Wildman–Crippen LogP) is 4.02. The van der Waals surface area contributed by atoms with Crippen LogP contribution in [0.25, 0.3) is 0 Å². The van der Waals surface area contributed by atoms with E-state index in [9.17, 15) is 13.2 Å². The molecule has 2 rings (SSSR count). The van der Waals surface area contributed by atoms with Gasteiger partial charge in [0.1, 0.15) is 0 Å². The summed E-state index contributed by atoms with van der Waals surface area (Å²) >= 11 is 0. The van der Waals surface area contributed by atoms with Gasteiger partial charge >= 0.3 is 0 Å². The van der Waals surface area contributed by atoms with Gasteiger partial charge in [0, 0.05) is 12.0 Å². The number of carbonyl (C=O) groups is 1. The molecule has 0 saturated heterocycles. The van der Waals surface area contributed by atoms with Crippen LogP contribution in [0.1, 0.15) is 62.2 Å². The first kappa shape index (κ1) is 16.2. The van der Waals surface area contributed by atoms with Gasteiger partial charge < -0.3 is 0 Å². The Morgan fingerprint density at radius 3 is 2.29 bits per heavy atom. The van der Waals surface area contributed by atoms with E-state index in [2.05, 4.69) is 0 Å². The fourth-order valence-electron chi connectivity index (χ4n) is 2.97. The maximum Gasteiger partial charge on any atom is 0.178 e. The molecule has 0 heterocycles. The van der Waals surface area contributed by atoms with Crippen LogP contribution in [-0.2, 0) is 9.84 Å². The van der Waals surface area contributed by atoms with E-state index in [1.807, 2.05) is 0 Å². The number of hydrogen-bond acceptors (Lipinski definition) is 3. The molecular formula is C17H24O3S. The number of benzene rings is 1. The normalized spacial score (nSPS) is 16.8. The highest BCUT2D eigenvalue weighted by atomic mass is 32.2. The van der Waals surface area contributed by atoms with Crippen molar-refractivity contribution in [2.24, 2.45) is 5.92 Å². The molecule has 4 heteroatoms. The van der Waals surface area contributed by atoms with Gasteiger partial charge in [-0.3, -0.25) is 4.79 Å². The van der Waals surface area contributed by atoms with Gasteiger partial charge in [-0.1, -0.05) is 51.2 Å². The Morgan fingerprint density at radius 1 is 1.10 bits per heavy atom. The molecule has 0 aliphatic heterocycles. The second-order valence-corrected chi connectivity index (χ2v) is 8.17. The van der Waals surface area contributed by atoms with E-state index in [0.29, 0.717) is 22.8 Å². The van der Waals surface area contributed by atoms with Gasteiger partial charge in [0.15, 0.2) is 15.6 Å². The quantitative estimate of drug-likeness (QED) is 0.746. The van der Waals surface area contributed by atoms with Crippen molar-refractivity contribution >= 4 is 15.6 Å². The second-order valence-electron chi connectivity index (χ2n) is 5.89. The molecule has 1 aliphatic carbocycles. The standard InChI is InChI=1S/C17H24O3S/c1-2-21(19,20)16-11-9-15(10-12-16)17(18)13-8-14-6-4-3-5-7-14/h9-12,14H,2-8,13H2,1H3. The Morgan fingerprint density at radius 2 is 1.71 bits per heavy atom. The topological polar surface area (TPSA) is 51.2 Å². The summed E-state index contributed by atoms with van der Waals surface area (Å²) in [6.07, 6.45) is 7.96. The van der Waals surface area contributed by atoms with Crippen molar-refractivity contribution in [2.75, 3.05) is 5.75 Å².